The van der Waals surface area contributed by atoms with Crippen LogP contribution in [0.5, 0.6) is 0 Å². The fourth-order valence-corrected chi connectivity index (χ4v) is 5.65. The Kier molecular flexibility index (Phi) is 5.05. The third-order valence-electron chi connectivity index (χ3n) is 6.36. The van der Waals surface area contributed by atoms with Crippen LogP contribution in [0.2, 0.25) is 5.02 Å². The lowest BCUT2D eigenvalue weighted by molar-refractivity contribution is 0.187. The SMILES string of the molecule is Nc1nccc(Sc2cnc(N3CCC4(CC3)Cc3ccccc3[C@H]4N)nc2)c1Cl. The maximum absolute atomic E-state index is 6.68. The van der Waals surface area contributed by atoms with Gasteiger partial charge < -0.3 is 16.4 Å². The van der Waals surface area contributed by atoms with Crippen LogP contribution in [0.4, 0.5) is 11.8 Å². The maximum atomic E-state index is 6.68. The number of hydrogen-bond acceptors (Lipinski definition) is 7. The molecule has 2 aromatic heterocycles. The zero-order valence-electron chi connectivity index (χ0n) is 16.5. The minimum absolute atomic E-state index is 0.119. The van der Waals surface area contributed by atoms with Gasteiger partial charge in [0.2, 0.25) is 5.95 Å². The van der Waals surface area contributed by atoms with Gasteiger partial charge in [0.1, 0.15) is 5.82 Å². The number of nitrogens with zero attached hydrogens (tertiary/aromatic N) is 4. The fourth-order valence-electron chi connectivity index (χ4n) is 4.63. The molecule has 0 saturated carbocycles. The van der Waals surface area contributed by atoms with Gasteiger partial charge in [0.05, 0.1) is 5.02 Å². The topological polar surface area (TPSA) is 94.0 Å². The van der Waals surface area contributed by atoms with Gasteiger partial charge in [-0.15, -0.1) is 0 Å². The molecule has 1 atom stereocenters. The first-order valence-electron chi connectivity index (χ1n) is 10.0. The van der Waals surface area contributed by atoms with Crippen molar-refractivity contribution in [1.82, 2.24) is 15.0 Å². The fraction of sp³-hybridized carbons (Fsp3) is 0.318. The molecule has 30 heavy (non-hydrogen) atoms. The third kappa shape index (κ3) is 3.41. The molecule has 3 aromatic rings. The maximum Gasteiger partial charge on any atom is 0.225 e. The summed E-state index contributed by atoms with van der Waals surface area (Å²) in [4.78, 5) is 17.2. The van der Waals surface area contributed by atoms with Gasteiger partial charge in [-0.3, -0.25) is 0 Å². The number of aromatic nitrogens is 3. The van der Waals surface area contributed by atoms with Crippen LogP contribution < -0.4 is 16.4 Å². The lowest BCUT2D eigenvalue weighted by atomic mass is 9.73. The summed E-state index contributed by atoms with van der Waals surface area (Å²) in [5.41, 5.74) is 15.3. The summed E-state index contributed by atoms with van der Waals surface area (Å²) in [7, 11) is 0. The molecule has 2 aliphatic rings. The molecule has 0 amide bonds. The summed E-state index contributed by atoms with van der Waals surface area (Å²) in [6, 6.07) is 10.6. The standard InChI is InChI=1S/C22H23ClN6S/c23-18-17(5-8-26-20(18)25)30-15-12-27-21(28-13-15)29-9-6-22(7-10-29)11-14-3-1-2-4-16(14)19(22)24/h1-5,8,12-13,19H,6-7,9-11,24H2,(H2,25,26)/t19-/m1/s1. The second-order valence-electron chi connectivity index (χ2n) is 8.03. The zero-order valence-corrected chi connectivity index (χ0v) is 18.0. The van der Waals surface area contributed by atoms with E-state index in [0.29, 0.717) is 10.8 Å². The Balaban J connectivity index is 1.26. The summed E-state index contributed by atoms with van der Waals surface area (Å²) in [5, 5.41) is 0.460. The number of pyridine rings is 1. The van der Waals surface area contributed by atoms with E-state index in [0.717, 1.165) is 48.1 Å². The summed E-state index contributed by atoms with van der Waals surface area (Å²) in [6.07, 6.45) is 8.49. The van der Waals surface area contributed by atoms with E-state index >= 15 is 0 Å². The number of nitrogens with two attached hydrogens (primary N) is 2. The summed E-state index contributed by atoms with van der Waals surface area (Å²) < 4.78 is 0. The number of anilines is 2. The average Bonchev–Trinajstić information content (AvgIpc) is 3.04. The molecule has 3 heterocycles. The average molecular weight is 439 g/mol. The molecule has 1 aliphatic carbocycles. The molecule has 8 heteroatoms. The lowest BCUT2D eigenvalue weighted by Gasteiger charge is -2.42. The van der Waals surface area contributed by atoms with Gasteiger partial charge in [0, 0.05) is 47.5 Å². The zero-order chi connectivity index (χ0) is 20.7. The van der Waals surface area contributed by atoms with Crippen molar-refractivity contribution in [3.8, 4) is 0 Å². The van der Waals surface area contributed by atoms with Crippen molar-refractivity contribution in [2.24, 2.45) is 11.1 Å². The number of benzene rings is 1. The van der Waals surface area contributed by atoms with E-state index in [9.17, 15) is 0 Å². The van der Waals surface area contributed by atoms with E-state index in [-0.39, 0.29) is 11.5 Å². The van der Waals surface area contributed by atoms with Crippen molar-refractivity contribution in [2.45, 2.75) is 35.1 Å². The molecule has 1 aromatic carbocycles. The molecule has 1 fully saturated rings. The van der Waals surface area contributed by atoms with Crippen LogP contribution in [-0.4, -0.2) is 28.0 Å². The van der Waals surface area contributed by atoms with E-state index < -0.39 is 0 Å². The monoisotopic (exact) mass is 438 g/mol. The normalized spacial score (nSPS) is 19.8. The molecule has 0 bridgehead atoms. The second-order valence-corrected chi connectivity index (χ2v) is 9.53. The summed E-state index contributed by atoms with van der Waals surface area (Å²) >= 11 is 7.71. The van der Waals surface area contributed by atoms with Crippen LogP contribution in [-0.2, 0) is 6.42 Å². The van der Waals surface area contributed by atoms with Crippen molar-refractivity contribution < 1.29 is 0 Å². The van der Waals surface area contributed by atoms with Crippen LogP contribution in [0.1, 0.15) is 30.0 Å². The second kappa shape index (κ2) is 7.72. The molecule has 0 radical (unpaired) electrons. The van der Waals surface area contributed by atoms with Gasteiger partial charge in [-0.2, -0.15) is 0 Å². The molecule has 5 rings (SSSR count). The van der Waals surface area contributed by atoms with E-state index in [1.807, 2.05) is 18.5 Å². The third-order valence-corrected chi connectivity index (χ3v) is 7.87. The largest absolute Gasteiger partial charge is 0.382 e. The highest BCUT2D eigenvalue weighted by Gasteiger charge is 2.45. The smallest absolute Gasteiger partial charge is 0.225 e. The first kappa shape index (κ1) is 19.6. The molecule has 4 N–H and O–H groups in total. The molecular weight excluding hydrogens is 416 g/mol. The first-order valence-corrected chi connectivity index (χ1v) is 11.2. The first-order chi connectivity index (χ1) is 14.6. The number of hydrogen-bond donors (Lipinski definition) is 2. The van der Waals surface area contributed by atoms with Crippen LogP contribution in [0.15, 0.2) is 58.7 Å². The number of nitrogen functional groups attached to an aromatic ring is 1. The Hall–Kier alpha value is -2.35. The predicted octanol–water partition coefficient (Wildman–Crippen LogP) is 4.10. The van der Waals surface area contributed by atoms with E-state index in [1.165, 1.54) is 22.9 Å². The molecule has 154 valence electrons. The molecule has 6 nitrogen and oxygen atoms in total. The minimum atomic E-state index is 0.119. The minimum Gasteiger partial charge on any atom is -0.382 e. The summed E-state index contributed by atoms with van der Waals surface area (Å²) in [5.74, 6) is 1.09. The van der Waals surface area contributed by atoms with Crippen molar-refractivity contribution in [3.63, 3.8) is 0 Å². The van der Waals surface area contributed by atoms with Crippen molar-refractivity contribution in [1.29, 1.82) is 0 Å². The molecule has 1 spiro atoms. The Morgan fingerprint density at radius 2 is 1.80 bits per heavy atom. The Bertz CT molecular complexity index is 1070. The molecule has 1 aliphatic heterocycles. The van der Waals surface area contributed by atoms with Crippen LogP contribution >= 0.6 is 23.4 Å². The molecular formula is C22H23ClN6S. The highest BCUT2D eigenvalue weighted by Crippen LogP contribution is 2.50. The Morgan fingerprint density at radius 3 is 2.53 bits per heavy atom. The van der Waals surface area contributed by atoms with Crippen LogP contribution in [0.25, 0.3) is 0 Å². The Labute approximate surface area is 185 Å². The van der Waals surface area contributed by atoms with Crippen LogP contribution in [0, 0.1) is 5.41 Å². The molecule has 0 unspecified atom stereocenters. The van der Waals surface area contributed by atoms with Gasteiger partial charge in [0.15, 0.2) is 0 Å². The van der Waals surface area contributed by atoms with Gasteiger partial charge in [0.25, 0.3) is 0 Å². The Morgan fingerprint density at radius 1 is 1.07 bits per heavy atom. The quantitative estimate of drug-likeness (QED) is 0.635. The number of fused-ring (bicyclic) bond motifs is 1. The number of piperidine rings is 1. The van der Waals surface area contributed by atoms with Crippen molar-refractivity contribution >= 4 is 35.1 Å². The van der Waals surface area contributed by atoms with E-state index in [4.69, 9.17) is 23.1 Å². The lowest BCUT2D eigenvalue weighted by Crippen LogP contribution is -2.44. The number of rotatable bonds is 3. The van der Waals surface area contributed by atoms with E-state index in [2.05, 4.69) is 44.1 Å². The highest BCUT2D eigenvalue weighted by molar-refractivity contribution is 7.99. The van der Waals surface area contributed by atoms with Gasteiger partial charge in [-0.1, -0.05) is 47.6 Å². The van der Waals surface area contributed by atoms with Gasteiger partial charge >= 0.3 is 0 Å². The van der Waals surface area contributed by atoms with Crippen molar-refractivity contribution in [2.75, 3.05) is 23.7 Å². The highest BCUT2D eigenvalue weighted by atomic mass is 35.5. The van der Waals surface area contributed by atoms with Gasteiger partial charge in [-0.25, -0.2) is 15.0 Å². The molecule has 1 saturated heterocycles. The number of halogens is 1. The predicted molar refractivity (Wildman–Crippen MR) is 121 cm³/mol. The van der Waals surface area contributed by atoms with E-state index in [1.54, 1.807) is 6.20 Å². The van der Waals surface area contributed by atoms with Crippen molar-refractivity contribution in [3.05, 3.63) is 65.1 Å². The van der Waals surface area contributed by atoms with Crippen LogP contribution in [0.3, 0.4) is 0 Å². The summed E-state index contributed by atoms with van der Waals surface area (Å²) in [6.45, 7) is 1.84. The van der Waals surface area contributed by atoms with Gasteiger partial charge in [-0.05, 0) is 41.9 Å².